The van der Waals surface area contributed by atoms with Crippen LogP contribution in [0.1, 0.15) is 17.2 Å². The van der Waals surface area contributed by atoms with Crippen molar-refractivity contribution in [1.29, 1.82) is 0 Å². The maximum Gasteiger partial charge on any atom is 0.285 e. The molecule has 6 nitrogen and oxygen atoms in total. The van der Waals surface area contributed by atoms with Gasteiger partial charge < -0.3 is 24.2 Å². The summed E-state index contributed by atoms with van der Waals surface area (Å²) in [6.45, 7) is 4.97. The van der Waals surface area contributed by atoms with Crippen molar-refractivity contribution in [3.63, 3.8) is 0 Å². The zero-order valence-electron chi connectivity index (χ0n) is 17.9. The monoisotopic (exact) mass is 399 g/mol. The van der Waals surface area contributed by atoms with Crippen molar-refractivity contribution in [1.82, 2.24) is 4.90 Å². The highest BCUT2D eigenvalue weighted by atomic mass is 16.5. The van der Waals surface area contributed by atoms with Crippen LogP contribution < -0.4 is 19.3 Å². The Kier molecular flexibility index (Phi) is 7.12. The van der Waals surface area contributed by atoms with E-state index >= 15 is 0 Å². The maximum atomic E-state index is 12.9. The Bertz CT molecular complexity index is 802. The Morgan fingerprint density at radius 2 is 1.62 bits per heavy atom. The third-order valence-corrected chi connectivity index (χ3v) is 5.73. The summed E-state index contributed by atoms with van der Waals surface area (Å²) in [7, 11) is 7.01. The fourth-order valence-electron chi connectivity index (χ4n) is 4.13. The Labute approximate surface area is 173 Å². The fraction of sp³-hybridized carbons (Fsp3) is 0.435. The zero-order chi connectivity index (χ0) is 20.8. The average molecular weight is 400 g/mol. The van der Waals surface area contributed by atoms with Crippen molar-refractivity contribution in [2.75, 3.05) is 54.5 Å². The molecular formula is C23H33N3O3+2. The topological polar surface area (TPSA) is 47.7 Å². The summed E-state index contributed by atoms with van der Waals surface area (Å²) >= 11 is 0. The van der Waals surface area contributed by atoms with E-state index in [0.717, 1.165) is 49.8 Å². The number of ether oxygens (including phenoxy) is 2. The van der Waals surface area contributed by atoms with Gasteiger partial charge in [-0.3, -0.25) is 4.79 Å². The molecular weight excluding hydrogens is 366 g/mol. The number of carbonyl (C=O) groups is 1. The lowest BCUT2D eigenvalue weighted by molar-refractivity contribution is -1.03. The van der Waals surface area contributed by atoms with Gasteiger partial charge in [0, 0.05) is 25.2 Å². The highest BCUT2D eigenvalue weighted by Crippen LogP contribution is 2.27. The van der Waals surface area contributed by atoms with E-state index in [9.17, 15) is 4.79 Å². The number of methoxy groups -OCH3 is 2. The molecule has 1 atom stereocenters. The first-order valence-electron chi connectivity index (χ1n) is 10.2. The molecule has 156 valence electrons. The van der Waals surface area contributed by atoms with Gasteiger partial charge >= 0.3 is 0 Å². The van der Waals surface area contributed by atoms with Gasteiger partial charge in [-0.25, -0.2) is 0 Å². The van der Waals surface area contributed by atoms with Gasteiger partial charge in [0.15, 0.2) is 17.5 Å². The lowest BCUT2D eigenvalue weighted by Crippen LogP contribution is -3.28. The maximum absolute atomic E-state index is 12.9. The number of hydrogen-bond acceptors (Lipinski definition) is 3. The second-order valence-corrected chi connectivity index (χ2v) is 7.85. The molecule has 0 spiro atoms. The summed E-state index contributed by atoms with van der Waals surface area (Å²) < 4.78 is 10.8. The van der Waals surface area contributed by atoms with Crippen LogP contribution in [0.4, 0.5) is 0 Å². The summed E-state index contributed by atoms with van der Waals surface area (Å²) in [5, 5.41) is 0. The number of piperazine rings is 1. The summed E-state index contributed by atoms with van der Waals surface area (Å²) in [5.74, 6) is 1.71. The van der Waals surface area contributed by atoms with E-state index in [4.69, 9.17) is 9.47 Å². The van der Waals surface area contributed by atoms with E-state index in [1.807, 2.05) is 38.4 Å². The molecule has 1 heterocycles. The zero-order valence-corrected chi connectivity index (χ0v) is 17.9. The van der Waals surface area contributed by atoms with E-state index in [0.29, 0.717) is 0 Å². The lowest BCUT2D eigenvalue weighted by atomic mass is 10.0. The molecule has 2 N–H and O–H groups in total. The summed E-state index contributed by atoms with van der Waals surface area (Å²) in [5.41, 5.74) is 2.34. The first kappa shape index (κ1) is 21.1. The van der Waals surface area contributed by atoms with Gasteiger partial charge in [-0.2, -0.15) is 0 Å². The predicted octanol–water partition coefficient (Wildman–Crippen LogP) is -0.183. The average Bonchev–Trinajstić information content (AvgIpc) is 2.75. The minimum atomic E-state index is -0.131. The summed E-state index contributed by atoms with van der Waals surface area (Å²) in [6, 6.07) is 16.2. The molecule has 1 aliphatic heterocycles. The van der Waals surface area contributed by atoms with E-state index in [1.54, 1.807) is 19.1 Å². The van der Waals surface area contributed by atoms with Gasteiger partial charge in [0.05, 0.1) is 14.2 Å². The van der Waals surface area contributed by atoms with Gasteiger partial charge in [0.1, 0.15) is 32.7 Å². The fourth-order valence-corrected chi connectivity index (χ4v) is 4.13. The molecule has 29 heavy (non-hydrogen) atoms. The quantitative estimate of drug-likeness (QED) is 0.679. The molecule has 3 rings (SSSR count). The molecule has 0 saturated carbocycles. The summed E-state index contributed by atoms with van der Waals surface area (Å²) in [4.78, 5) is 17.5. The molecule has 0 aliphatic carbocycles. The normalized spacial score (nSPS) is 20.0. The number of hydrogen-bond donors (Lipinski definition) is 2. The van der Waals surface area contributed by atoms with E-state index in [1.165, 1.54) is 15.4 Å². The molecule has 0 unspecified atom stereocenters. The van der Waals surface area contributed by atoms with Crippen LogP contribution >= 0.6 is 0 Å². The van der Waals surface area contributed by atoms with E-state index in [2.05, 4.69) is 24.3 Å². The van der Waals surface area contributed by atoms with Crippen molar-refractivity contribution in [2.45, 2.75) is 12.6 Å². The second kappa shape index (κ2) is 9.76. The molecule has 0 aromatic heterocycles. The third kappa shape index (κ3) is 5.08. The molecule has 1 saturated heterocycles. The van der Waals surface area contributed by atoms with Crippen LogP contribution in [-0.4, -0.2) is 65.3 Å². The van der Waals surface area contributed by atoms with Crippen LogP contribution in [0.5, 0.6) is 11.5 Å². The van der Waals surface area contributed by atoms with Gasteiger partial charge in [-0.15, -0.1) is 0 Å². The van der Waals surface area contributed by atoms with Crippen molar-refractivity contribution < 1.29 is 24.1 Å². The number of quaternary nitrogens is 2. The Balaban J connectivity index is 1.66. The van der Waals surface area contributed by atoms with Gasteiger partial charge in [0.2, 0.25) is 0 Å². The van der Waals surface area contributed by atoms with Crippen LogP contribution in [0.25, 0.3) is 0 Å². The second-order valence-electron chi connectivity index (χ2n) is 7.85. The molecule has 6 heteroatoms. The van der Waals surface area contributed by atoms with Gasteiger partial charge in [-0.05, 0) is 18.2 Å². The van der Waals surface area contributed by atoms with Crippen LogP contribution in [0, 0.1) is 0 Å². The Hall–Kier alpha value is -2.57. The summed E-state index contributed by atoms with van der Waals surface area (Å²) in [6.07, 6.45) is 0. The molecule has 2 aromatic rings. The predicted molar refractivity (Wildman–Crippen MR) is 113 cm³/mol. The van der Waals surface area contributed by atoms with Crippen molar-refractivity contribution in [3.8, 4) is 11.5 Å². The third-order valence-electron chi connectivity index (χ3n) is 5.73. The highest BCUT2D eigenvalue weighted by Gasteiger charge is 2.36. The van der Waals surface area contributed by atoms with Crippen LogP contribution in [0.15, 0.2) is 48.5 Å². The number of amides is 1. The number of carbonyl (C=O) groups excluding carboxylic acids is 1. The van der Waals surface area contributed by atoms with Crippen molar-refractivity contribution in [2.24, 2.45) is 0 Å². The van der Waals surface area contributed by atoms with Crippen LogP contribution in [-0.2, 0) is 11.3 Å². The largest absolute Gasteiger partial charge is 0.493 e. The number of nitrogens with zero attached hydrogens (tertiary/aromatic N) is 1. The minimum Gasteiger partial charge on any atom is -0.493 e. The standard InChI is InChI=1S/C23H31N3O3/c1-24(2)23(27)22(19-8-6-5-7-9-19)26-14-12-25(13-15-26)17-18-10-11-20(28-3)21(16-18)29-4/h5-11,16,22H,12-15,17H2,1-4H3/p+2/t22-/m0/s1. The molecule has 1 aliphatic rings. The number of benzene rings is 2. The molecule has 1 fully saturated rings. The molecule has 0 radical (unpaired) electrons. The van der Waals surface area contributed by atoms with Gasteiger partial charge in [0.25, 0.3) is 5.91 Å². The van der Waals surface area contributed by atoms with Crippen molar-refractivity contribution in [3.05, 3.63) is 59.7 Å². The Morgan fingerprint density at radius 1 is 0.966 bits per heavy atom. The SMILES string of the molecule is COc1ccc(C[NH+]2CC[NH+]([C@H](C(=O)N(C)C)c3ccccc3)CC2)cc1OC. The number of rotatable bonds is 7. The van der Waals surface area contributed by atoms with E-state index in [-0.39, 0.29) is 11.9 Å². The Morgan fingerprint density at radius 3 is 2.21 bits per heavy atom. The van der Waals surface area contributed by atoms with Gasteiger partial charge in [-0.1, -0.05) is 30.3 Å². The number of likely N-dealkylation sites (N-methyl/N-ethyl adjacent to an activating group) is 1. The molecule has 1 amide bonds. The van der Waals surface area contributed by atoms with E-state index < -0.39 is 0 Å². The lowest BCUT2D eigenvalue weighted by Gasteiger charge is -2.35. The molecule has 0 bridgehead atoms. The first-order chi connectivity index (χ1) is 14.0. The van der Waals surface area contributed by atoms with Crippen molar-refractivity contribution >= 4 is 5.91 Å². The smallest absolute Gasteiger partial charge is 0.285 e. The highest BCUT2D eigenvalue weighted by molar-refractivity contribution is 5.81. The van der Waals surface area contributed by atoms with Crippen LogP contribution in [0.3, 0.4) is 0 Å². The van der Waals surface area contributed by atoms with Crippen LogP contribution in [0.2, 0.25) is 0 Å². The first-order valence-corrected chi connectivity index (χ1v) is 10.2. The molecule has 2 aromatic carbocycles. The number of nitrogens with one attached hydrogen (secondary N) is 2. The minimum absolute atomic E-state index is 0.131.